The van der Waals surface area contributed by atoms with E-state index < -0.39 is 0 Å². The number of aromatic nitrogens is 5. The maximum atomic E-state index is 12.6. The SMILES string of the molecule is CCn1c(CNC(=O)Cn2c(-c3ccc(Cl)cc3)n[nH]c2=S)nc2ccccc21. The normalized spacial score (nSPS) is 11.1. The second kappa shape index (κ2) is 8.18. The van der Waals surface area contributed by atoms with Gasteiger partial charge in [-0.3, -0.25) is 14.5 Å². The number of hydrogen-bond acceptors (Lipinski definition) is 4. The summed E-state index contributed by atoms with van der Waals surface area (Å²) in [5, 5.41) is 10.6. The van der Waals surface area contributed by atoms with E-state index in [4.69, 9.17) is 23.8 Å². The number of benzene rings is 2. The van der Waals surface area contributed by atoms with Crippen molar-refractivity contribution in [2.75, 3.05) is 0 Å². The summed E-state index contributed by atoms with van der Waals surface area (Å²) >= 11 is 11.3. The number of carbonyl (C=O) groups is 1. The number of aryl methyl sites for hydroxylation is 1. The predicted molar refractivity (Wildman–Crippen MR) is 115 cm³/mol. The Morgan fingerprint density at radius 2 is 1.93 bits per heavy atom. The van der Waals surface area contributed by atoms with Gasteiger partial charge in [-0.25, -0.2) is 4.98 Å². The van der Waals surface area contributed by atoms with Crippen LogP contribution >= 0.6 is 23.8 Å². The van der Waals surface area contributed by atoms with Crippen molar-refractivity contribution in [1.29, 1.82) is 0 Å². The molecule has 0 saturated heterocycles. The Kier molecular flexibility index (Phi) is 5.46. The van der Waals surface area contributed by atoms with Gasteiger partial charge in [0.1, 0.15) is 12.4 Å². The summed E-state index contributed by atoms with van der Waals surface area (Å²) in [4.78, 5) is 17.2. The monoisotopic (exact) mass is 426 g/mol. The van der Waals surface area contributed by atoms with E-state index in [1.165, 1.54) is 0 Å². The first kappa shape index (κ1) is 19.4. The summed E-state index contributed by atoms with van der Waals surface area (Å²) in [6.07, 6.45) is 0. The van der Waals surface area contributed by atoms with Crippen LogP contribution in [-0.4, -0.2) is 30.2 Å². The van der Waals surface area contributed by atoms with Gasteiger partial charge in [-0.1, -0.05) is 23.7 Å². The molecular weight excluding hydrogens is 408 g/mol. The first-order valence-electron chi connectivity index (χ1n) is 9.19. The van der Waals surface area contributed by atoms with E-state index in [-0.39, 0.29) is 12.5 Å². The van der Waals surface area contributed by atoms with Gasteiger partial charge >= 0.3 is 0 Å². The predicted octanol–water partition coefficient (Wildman–Crippen LogP) is 3.95. The van der Waals surface area contributed by atoms with E-state index in [0.717, 1.165) is 29.0 Å². The van der Waals surface area contributed by atoms with Crippen LogP contribution in [0.15, 0.2) is 48.5 Å². The third kappa shape index (κ3) is 3.94. The van der Waals surface area contributed by atoms with Crippen LogP contribution in [0.2, 0.25) is 5.02 Å². The van der Waals surface area contributed by atoms with E-state index >= 15 is 0 Å². The summed E-state index contributed by atoms with van der Waals surface area (Å²) < 4.78 is 4.14. The van der Waals surface area contributed by atoms with Crippen molar-refractivity contribution in [2.24, 2.45) is 0 Å². The van der Waals surface area contributed by atoms with E-state index in [0.29, 0.717) is 22.2 Å². The highest BCUT2D eigenvalue weighted by Gasteiger charge is 2.14. The molecule has 9 heteroatoms. The number of nitrogens with zero attached hydrogens (tertiary/aromatic N) is 4. The van der Waals surface area contributed by atoms with Crippen LogP contribution in [-0.2, 0) is 24.4 Å². The molecule has 0 spiro atoms. The van der Waals surface area contributed by atoms with E-state index in [2.05, 4.69) is 32.0 Å². The Morgan fingerprint density at radius 3 is 2.69 bits per heavy atom. The van der Waals surface area contributed by atoms with Crippen molar-refractivity contribution in [1.82, 2.24) is 29.6 Å². The molecule has 0 aliphatic heterocycles. The van der Waals surface area contributed by atoms with Gasteiger partial charge in [0.25, 0.3) is 0 Å². The average molecular weight is 427 g/mol. The van der Waals surface area contributed by atoms with Gasteiger partial charge in [0.05, 0.1) is 17.6 Å². The lowest BCUT2D eigenvalue weighted by Crippen LogP contribution is -2.28. The fraction of sp³-hybridized carbons (Fsp3) is 0.200. The molecule has 7 nitrogen and oxygen atoms in total. The number of para-hydroxylation sites is 2. The van der Waals surface area contributed by atoms with E-state index in [1.54, 1.807) is 16.7 Å². The molecule has 0 unspecified atom stereocenters. The smallest absolute Gasteiger partial charge is 0.240 e. The minimum Gasteiger partial charge on any atom is -0.347 e. The molecule has 0 atom stereocenters. The molecule has 2 N–H and O–H groups in total. The molecule has 148 valence electrons. The zero-order chi connectivity index (χ0) is 20.4. The number of carbonyl (C=O) groups excluding carboxylic acids is 1. The largest absolute Gasteiger partial charge is 0.347 e. The molecule has 0 fully saturated rings. The number of aromatic amines is 1. The quantitative estimate of drug-likeness (QED) is 0.457. The van der Waals surface area contributed by atoms with Crippen molar-refractivity contribution >= 4 is 40.8 Å². The van der Waals surface area contributed by atoms with Gasteiger partial charge < -0.3 is 9.88 Å². The number of nitrogens with one attached hydrogen (secondary N) is 2. The lowest BCUT2D eigenvalue weighted by Gasteiger charge is -2.09. The maximum absolute atomic E-state index is 12.6. The molecule has 0 saturated carbocycles. The van der Waals surface area contributed by atoms with Crippen LogP contribution in [0.3, 0.4) is 0 Å². The summed E-state index contributed by atoms with van der Waals surface area (Å²) in [6, 6.07) is 15.2. The standard InChI is InChI=1S/C20H19ClN6OS/c1-2-26-16-6-4-3-5-15(16)23-17(26)11-22-18(28)12-27-19(24-25-20(27)29)13-7-9-14(21)10-8-13/h3-10H,2,11-12H2,1H3,(H,22,28)(H,25,29). The second-order valence-corrected chi connectivity index (χ2v) is 7.31. The van der Waals surface area contributed by atoms with E-state index in [1.807, 2.05) is 36.4 Å². The highest BCUT2D eigenvalue weighted by atomic mass is 35.5. The first-order chi connectivity index (χ1) is 14.1. The molecule has 2 aromatic heterocycles. The third-order valence-corrected chi connectivity index (χ3v) is 5.22. The zero-order valence-electron chi connectivity index (χ0n) is 15.7. The van der Waals surface area contributed by atoms with Crippen molar-refractivity contribution in [3.63, 3.8) is 0 Å². The Morgan fingerprint density at radius 1 is 1.17 bits per heavy atom. The number of fused-ring (bicyclic) bond motifs is 1. The number of imidazole rings is 1. The van der Waals surface area contributed by atoms with Gasteiger partial charge in [0, 0.05) is 17.1 Å². The van der Waals surface area contributed by atoms with Crippen LogP contribution in [0.1, 0.15) is 12.7 Å². The highest BCUT2D eigenvalue weighted by molar-refractivity contribution is 7.71. The molecule has 1 amide bonds. The van der Waals surface area contributed by atoms with Crippen molar-refractivity contribution in [2.45, 2.75) is 26.6 Å². The van der Waals surface area contributed by atoms with Gasteiger partial charge in [0.15, 0.2) is 10.6 Å². The Hall–Kier alpha value is -2.97. The molecule has 4 aromatic rings. The van der Waals surface area contributed by atoms with Crippen LogP contribution in [0.25, 0.3) is 22.4 Å². The van der Waals surface area contributed by atoms with Crippen LogP contribution in [0, 0.1) is 4.77 Å². The summed E-state index contributed by atoms with van der Waals surface area (Å²) in [5.41, 5.74) is 2.80. The maximum Gasteiger partial charge on any atom is 0.240 e. The zero-order valence-corrected chi connectivity index (χ0v) is 17.3. The molecule has 2 heterocycles. The number of halogens is 1. The van der Waals surface area contributed by atoms with Crippen LogP contribution in [0.4, 0.5) is 0 Å². The molecule has 0 radical (unpaired) electrons. The number of hydrogen-bond donors (Lipinski definition) is 2. The Bertz CT molecular complexity index is 1220. The molecule has 29 heavy (non-hydrogen) atoms. The third-order valence-electron chi connectivity index (χ3n) is 4.66. The Balaban J connectivity index is 1.51. The number of rotatable bonds is 6. The minimum atomic E-state index is -0.174. The second-order valence-electron chi connectivity index (χ2n) is 6.48. The van der Waals surface area contributed by atoms with Crippen LogP contribution in [0.5, 0.6) is 0 Å². The molecule has 0 aliphatic rings. The minimum absolute atomic E-state index is 0.0552. The number of amides is 1. The fourth-order valence-corrected chi connectivity index (χ4v) is 3.60. The highest BCUT2D eigenvalue weighted by Crippen LogP contribution is 2.20. The topological polar surface area (TPSA) is 80.5 Å². The summed E-state index contributed by atoms with van der Waals surface area (Å²) in [6.45, 7) is 3.23. The summed E-state index contributed by atoms with van der Waals surface area (Å²) in [5.74, 6) is 1.23. The molecule has 4 rings (SSSR count). The van der Waals surface area contributed by atoms with Crippen molar-refractivity contribution in [3.8, 4) is 11.4 Å². The molecular formula is C20H19ClN6OS. The van der Waals surface area contributed by atoms with Crippen molar-refractivity contribution in [3.05, 3.63) is 64.1 Å². The summed E-state index contributed by atoms with van der Waals surface area (Å²) in [7, 11) is 0. The molecule has 0 aliphatic carbocycles. The fourth-order valence-electron chi connectivity index (χ4n) is 3.27. The van der Waals surface area contributed by atoms with Gasteiger partial charge in [-0.2, -0.15) is 5.10 Å². The van der Waals surface area contributed by atoms with E-state index in [9.17, 15) is 4.79 Å². The number of H-pyrrole nitrogens is 1. The molecule has 0 bridgehead atoms. The van der Waals surface area contributed by atoms with Gasteiger partial charge in [-0.05, 0) is 55.5 Å². The molecule has 2 aromatic carbocycles. The average Bonchev–Trinajstić information content (AvgIpc) is 3.27. The lowest BCUT2D eigenvalue weighted by atomic mass is 10.2. The lowest BCUT2D eigenvalue weighted by molar-refractivity contribution is -0.121. The van der Waals surface area contributed by atoms with Gasteiger partial charge in [-0.15, -0.1) is 0 Å². The van der Waals surface area contributed by atoms with Crippen molar-refractivity contribution < 1.29 is 4.79 Å². The van der Waals surface area contributed by atoms with Crippen LogP contribution < -0.4 is 5.32 Å². The van der Waals surface area contributed by atoms with Gasteiger partial charge in [0.2, 0.25) is 5.91 Å². The first-order valence-corrected chi connectivity index (χ1v) is 9.97. The Labute approximate surface area is 177 Å².